The number of carbonyl (C=O) groups is 2. The summed E-state index contributed by atoms with van der Waals surface area (Å²) in [5, 5.41) is 40.2. The first-order chi connectivity index (χ1) is 37.7. The molecule has 7 nitrogen and oxygen atoms in total. The molecule has 0 saturated carbocycles. The topological polar surface area (TPSA) is 124 Å². The van der Waals surface area contributed by atoms with E-state index in [1.807, 2.05) is 0 Å². The van der Waals surface area contributed by atoms with Crippen molar-refractivity contribution in [3.8, 4) is 0 Å². The molecule has 0 radical (unpaired) electrons. The summed E-state index contributed by atoms with van der Waals surface area (Å²) in [6, 6.07) is 0. The summed E-state index contributed by atoms with van der Waals surface area (Å²) in [5.41, 5.74) is 0. The first kappa shape index (κ1) is 81.3. The number of alkyl halides is 34. The van der Waals surface area contributed by atoms with Gasteiger partial charge in [0.25, 0.3) is 0 Å². The van der Waals surface area contributed by atoms with Crippen LogP contribution in [0.25, 0.3) is 0 Å². The maximum absolute atomic E-state index is 14.1. The molecular weight excluding hydrogens is 1290 g/mol. The Kier molecular flexibility index (Phi) is 27.2. The van der Waals surface area contributed by atoms with Gasteiger partial charge in [0.2, 0.25) is 0 Å². The monoisotopic (exact) mass is 1340 g/mol. The summed E-state index contributed by atoms with van der Waals surface area (Å²) in [4.78, 5) is 24.4. The van der Waals surface area contributed by atoms with Gasteiger partial charge in [-0.25, -0.2) is 4.79 Å². The molecule has 506 valence electrons. The number of esters is 1. The molecule has 0 aliphatic carbocycles. The van der Waals surface area contributed by atoms with Crippen LogP contribution < -0.4 is 0 Å². The molecule has 4 N–H and O–H groups in total. The van der Waals surface area contributed by atoms with Gasteiger partial charge in [-0.3, -0.25) is 4.79 Å². The highest BCUT2D eigenvalue weighted by Crippen LogP contribution is 2.66. The van der Waals surface area contributed by atoms with E-state index in [1.54, 1.807) is 0 Å². The Morgan fingerprint density at radius 3 is 0.835 bits per heavy atom. The molecule has 0 aliphatic heterocycles. The zero-order valence-electron chi connectivity index (χ0n) is 42.5. The second kappa shape index (κ2) is 28.4. The molecule has 0 amide bonds. The van der Waals surface area contributed by atoms with Crippen LogP contribution in [-0.2, 0) is 14.3 Å². The van der Waals surface area contributed by atoms with Crippen molar-refractivity contribution >= 4 is 11.8 Å². The molecular formula is C44H50F34O7. The Morgan fingerprint density at radius 1 is 0.306 bits per heavy atom. The van der Waals surface area contributed by atoms with Crippen molar-refractivity contribution in [2.75, 3.05) is 0 Å². The fraction of sp³-hybridized carbons (Fsp3) is 0.909. The number of rotatable bonds is 40. The number of aliphatic hydroxyl groups is 4. The molecule has 0 aromatic rings. The molecule has 0 unspecified atom stereocenters. The van der Waals surface area contributed by atoms with E-state index in [0.717, 1.165) is 6.08 Å². The number of ketones is 1. The number of aliphatic hydroxyl groups excluding tert-OH is 4. The fourth-order valence-electron chi connectivity index (χ4n) is 7.19. The standard InChI is InChI=1S/C44H50F34O7/c45-29(46,31(49,50)33(53,54)35(57,58)37(61,62)39(65,66)41(69,70)43(73,74)75)20-16-12-8-4-1-3-7-11-15-19-23(79)24(80)25(81)26(82)27(83)28(84)85-22-18-14-10-6-2-5-9-13-17-21-30(47,48)32(51,52)34(55,56)36(59,60)38(63,64)40(67,68)42(71,72)44(76,77)78/h18,22,24-27,80-83H,1-17,19-21H2/t24-,25+,26+,27-/m0/s1. The summed E-state index contributed by atoms with van der Waals surface area (Å²) in [6.45, 7) is 0. The van der Waals surface area contributed by atoms with Gasteiger partial charge in [-0.1, -0.05) is 77.0 Å². The van der Waals surface area contributed by atoms with Crippen molar-refractivity contribution in [2.45, 2.75) is 248 Å². The van der Waals surface area contributed by atoms with Crippen LogP contribution in [0.15, 0.2) is 12.3 Å². The van der Waals surface area contributed by atoms with Crippen molar-refractivity contribution in [1.29, 1.82) is 0 Å². The van der Waals surface area contributed by atoms with Crippen molar-refractivity contribution in [3.05, 3.63) is 12.3 Å². The number of Topliss-reactive ketones (excluding diaryl/α,β-unsaturated/α-hetero) is 1. The van der Waals surface area contributed by atoms with Gasteiger partial charge in [0.1, 0.15) is 18.3 Å². The highest BCUT2D eigenvalue weighted by Gasteiger charge is 2.97. The highest BCUT2D eigenvalue weighted by atomic mass is 19.4. The van der Waals surface area contributed by atoms with Crippen LogP contribution in [0.2, 0.25) is 0 Å². The second-order valence-electron chi connectivity index (χ2n) is 19.1. The largest absolute Gasteiger partial charge is 0.460 e. The van der Waals surface area contributed by atoms with E-state index in [1.165, 1.54) is 0 Å². The van der Waals surface area contributed by atoms with E-state index in [-0.39, 0.29) is 83.5 Å². The van der Waals surface area contributed by atoms with E-state index >= 15 is 0 Å². The smallest absolute Gasteiger partial charge is 0.433 e. The van der Waals surface area contributed by atoms with Crippen molar-refractivity contribution in [2.24, 2.45) is 0 Å². The average Bonchev–Trinajstić information content (AvgIpc) is 0.956. The minimum absolute atomic E-state index is 0.0262. The van der Waals surface area contributed by atoms with Gasteiger partial charge in [-0.15, -0.1) is 0 Å². The molecule has 0 spiro atoms. The third-order valence-corrected chi connectivity index (χ3v) is 12.7. The molecule has 0 heterocycles. The number of allylic oxidation sites excluding steroid dienone is 1. The molecule has 0 bridgehead atoms. The first-order valence-corrected chi connectivity index (χ1v) is 24.2. The molecule has 0 rings (SSSR count). The summed E-state index contributed by atoms with van der Waals surface area (Å²) in [7, 11) is 0. The van der Waals surface area contributed by atoms with Crippen LogP contribution in [0.3, 0.4) is 0 Å². The van der Waals surface area contributed by atoms with E-state index in [9.17, 15) is 179 Å². The minimum Gasteiger partial charge on any atom is -0.433 e. The van der Waals surface area contributed by atoms with E-state index in [2.05, 4.69) is 4.74 Å². The third kappa shape index (κ3) is 16.4. The highest BCUT2D eigenvalue weighted by molar-refractivity contribution is 5.83. The van der Waals surface area contributed by atoms with Gasteiger partial charge in [0, 0.05) is 19.3 Å². The van der Waals surface area contributed by atoms with Crippen molar-refractivity contribution in [1.82, 2.24) is 0 Å². The minimum atomic E-state index is -8.73. The van der Waals surface area contributed by atoms with Crippen LogP contribution >= 0.6 is 0 Å². The lowest BCUT2D eigenvalue weighted by Crippen LogP contribution is -2.74. The molecule has 0 aromatic carbocycles. The van der Waals surface area contributed by atoms with Gasteiger partial charge in [0.05, 0.1) is 6.26 Å². The predicted octanol–water partition coefficient (Wildman–Crippen LogP) is 15.9. The lowest BCUT2D eigenvalue weighted by Gasteiger charge is -2.42. The molecule has 4 atom stereocenters. The Labute approximate surface area is 456 Å². The Hall–Kier alpha value is -3.66. The maximum atomic E-state index is 14.1. The number of hydrogen-bond acceptors (Lipinski definition) is 7. The maximum Gasteiger partial charge on any atom is 0.460 e. The van der Waals surface area contributed by atoms with E-state index in [4.69, 9.17) is 0 Å². The normalized spacial score (nSPS) is 16.7. The average molecular weight is 1340 g/mol. The quantitative estimate of drug-likeness (QED) is 0.0208. The van der Waals surface area contributed by atoms with Gasteiger partial charge in [0.15, 0.2) is 11.9 Å². The first-order valence-electron chi connectivity index (χ1n) is 24.2. The van der Waals surface area contributed by atoms with Crippen LogP contribution in [0, 0.1) is 0 Å². The van der Waals surface area contributed by atoms with Gasteiger partial charge >= 0.3 is 101 Å². The number of carbonyl (C=O) groups excluding carboxylic acids is 2. The molecule has 85 heavy (non-hydrogen) atoms. The lowest BCUT2D eigenvalue weighted by molar-refractivity contribution is -0.461. The Morgan fingerprint density at radius 2 is 0.541 bits per heavy atom. The summed E-state index contributed by atoms with van der Waals surface area (Å²) >= 11 is 0. The summed E-state index contributed by atoms with van der Waals surface area (Å²) in [6.07, 6.45) is -32.5. The predicted molar refractivity (Wildman–Crippen MR) is 218 cm³/mol. The summed E-state index contributed by atoms with van der Waals surface area (Å²) in [5.74, 6) is -117. The zero-order chi connectivity index (χ0) is 67.7. The van der Waals surface area contributed by atoms with Crippen molar-refractivity contribution in [3.63, 3.8) is 0 Å². The zero-order valence-corrected chi connectivity index (χ0v) is 42.5. The van der Waals surface area contributed by atoms with Gasteiger partial charge < -0.3 is 25.2 Å². The van der Waals surface area contributed by atoms with Crippen LogP contribution in [-0.4, -0.2) is 152 Å². The van der Waals surface area contributed by atoms with E-state index in [0.29, 0.717) is 6.26 Å². The van der Waals surface area contributed by atoms with Gasteiger partial charge in [-0.05, 0) is 38.2 Å². The third-order valence-electron chi connectivity index (χ3n) is 12.7. The fourth-order valence-corrected chi connectivity index (χ4v) is 7.19. The second-order valence-corrected chi connectivity index (χ2v) is 19.1. The van der Waals surface area contributed by atoms with Crippen LogP contribution in [0.1, 0.15) is 128 Å². The molecule has 41 heteroatoms. The SMILES string of the molecule is O=C(OC=CCCCCCCCCCC(F)(F)C(F)(F)C(F)(F)C(F)(F)C(F)(F)C(F)(F)C(F)(F)C(F)(F)F)[C@@H](O)[C@H](O)[C@H](O)[C@@H](O)C(=O)CCCCCCCCCCCC(F)(F)C(F)(F)C(F)(F)C(F)(F)C(F)(F)C(F)(F)C(F)(F)C(F)(F)F. The van der Waals surface area contributed by atoms with E-state index < -0.39 is 176 Å². The lowest BCUT2D eigenvalue weighted by atomic mass is 9.87. The van der Waals surface area contributed by atoms with Crippen LogP contribution in [0.5, 0.6) is 0 Å². The number of ether oxygens (including phenoxy) is 1. The Balaban J connectivity index is 4.78. The number of halogens is 34. The van der Waals surface area contributed by atoms with Gasteiger partial charge in [-0.2, -0.15) is 149 Å². The molecule has 0 fully saturated rings. The van der Waals surface area contributed by atoms with Crippen LogP contribution in [0.4, 0.5) is 149 Å². The molecule has 0 aliphatic rings. The molecule has 0 aromatic heterocycles. The van der Waals surface area contributed by atoms with Crippen molar-refractivity contribution < 1.29 is 184 Å². The number of unbranched alkanes of at least 4 members (excludes halogenated alkanes) is 15. The summed E-state index contributed by atoms with van der Waals surface area (Å²) < 4.78 is 461. The number of hydrogen-bond donors (Lipinski definition) is 4. The Bertz CT molecular complexity index is 2120. The molecule has 0 saturated heterocycles.